The van der Waals surface area contributed by atoms with Gasteiger partial charge in [0.2, 0.25) is 5.91 Å². The van der Waals surface area contributed by atoms with E-state index >= 15 is 0 Å². The molecule has 2 amide bonds. The molecule has 3 aromatic rings. The maximum Gasteiger partial charge on any atom is 0.419 e. The highest BCUT2D eigenvalue weighted by molar-refractivity contribution is 6.06. The van der Waals surface area contributed by atoms with Crippen LogP contribution in [0.3, 0.4) is 0 Å². The molecule has 2 aromatic heterocycles. The number of hydrogen-bond donors (Lipinski definition) is 1. The molecule has 39 heavy (non-hydrogen) atoms. The van der Waals surface area contributed by atoms with E-state index in [1.54, 1.807) is 17.8 Å². The summed E-state index contributed by atoms with van der Waals surface area (Å²) in [6.45, 7) is 3.12. The number of amides is 2. The summed E-state index contributed by atoms with van der Waals surface area (Å²) in [5.74, 6) is -0.367. The van der Waals surface area contributed by atoms with Gasteiger partial charge in [-0.1, -0.05) is 19.4 Å². The van der Waals surface area contributed by atoms with Crippen molar-refractivity contribution in [2.45, 2.75) is 51.1 Å². The number of likely N-dealkylation sites (tertiary alicyclic amines) is 1. The highest BCUT2D eigenvalue weighted by Gasteiger charge is 2.40. The summed E-state index contributed by atoms with van der Waals surface area (Å²) in [6, 6.07) is 7.69. The van der Waals surface area contributed by atoms with Crippen molar-refractivity contribution in [3.8, 4) is 6.07 Å². The third-order valence-electron chi connectivity index (χ3n) is 8.23. The minimum Gasteiger partial charge on any atom is -0.342 e. The number of aromatic nitrogens is 2. The number of nitriles is 1. The summed E-state index contributed by atoms with van der Waals surface area (Å²) < 4.78 is 45.4. The Morgan fingerprint density at radius 3 is 2.54 bits per heavy atom. The fourth-order valence-corrected chi connectivity index (χ4v) is 6.16. The SMILES string of the molecule is C[C@H]1CCC[C@@H]1C(=O)N1CCC(c2cn(C)c3ncc(NC(=O)c4cccc(C#N)c4)c(C(F)(F)F)c23)CC1. The molecule has 0 radical (unpaired) electrons. The molecule has 5 rings (SSSR count). The molecular weight excluding hydrogens is 507 g/mol. The zero-order valence-electron chi connectivity index (χ0n) is 21.9. The lowest BCUT2D eigenvalue weighted by Crippen LogP contribution is -2.42. The Bertz CT molecular complexity index is 1460. The molecule has 1 aromatic carbocycles. The van der Waals surface area contributed by atoms with E-state index in [0.29, 0.717) is 37.4 Å². The molecule has 2 atom stereocenters. The first-order chi connectivity index (χ1) is 18.6. The lowest BCUT2D eigenvalue weighted by molar-refractivity contribution is -0.137. The zero-order valence-corrected chi connectivity index (χ0v) is 21.9. The third-order valence-corrected chi connectivity index (χ3v) is 8.23. The van der Waals surface area contributed by atoms with Gasteiger partial charge in [0.1, 0.15) is 5.65 Å². The first-order valence-electron chi connectivity index (χ1n) is 13.2. The molecular formula is C29H30F3N5O2. The Morgan fingerprint density at radius 1 is 1.15 bits per heavy atom. The molecule has 3 heterocycles. The molecule has 0 bridgehead atoms. The van der Waals surface area contributed by atoms with Crippen molar-refractivity contribution in [1.82, 2.24) is 14.5 Å². The van der Waals surface area contributed by atoms with Gasteiger partial charge in [0, 0.05) is 43.2 Å². The van der Waals surface area contributed by atoms with Crippen LogP contribution in [-0.4, -0.2) is 39.4 Å². The van der Waals surface area contributed by atoms with Crippen LogP contribution in [0.4, 0.5) is 18.9 Å². The molecule has 0 spiro atoms. The Balaban J connectivity index is 1.46. The number of halogens is 3. The van der Waals surface area contributed by atoms with Crippen LogP contribution in [0, 0.1) is 23.2 Å². The first kappa shape index (κ1) is 26.7. The van der Waals surface area contributed by atoms with E-state index < -0.39 is 23.3 Å². The van der Waals surface area contributed by atoms with Gasteiger partial charge in [-0.3, -0.25) is 9.59 Å². The second kappa shape index (κ2) is 10.4. The quantitative estimate of drug-likeness (QED) is 0.452. The van der Waals surface area contributed by atoms with E-state index in [1.807, 2.05) is 11.0 Å². The summed E-state index contributed by atoms with van der Waals surface area (Å²) in [5.41, 5.74) is -0.367. The fraction of sp³-hybridized carbons (Fsp3) is 0.448. The van der Waals surface area contributed by atoms with Gasteiger partial charge in [-0.2, -0.15) is 18.4 Å². The average Bonchev–Trinajstić information content (AvgIpc) is 3.50. The highest BCUT2D eigenvalue weighted by atomic mass is 19.4. The maximum atomic E-state index is 14.6. The predicted octanol–water partition coefficient (Wildman–Crippen LogP) is 5.86. The highest BCUT2D eigenvalue weighted by Crippen LogP contribution is 2.44. The number of carbonyl (C=O) groups excluding carboxylic acids is 2. The van der Waals surface area contributed by atoms with Crippen molar-refractivity contribution >= 4 is 28.5 Å². The van der Waals surface area contributed by atoms with E-state index in [2.05, 4.69) is 17.2 Å². The van der Waals surface area contributed by atoms with Gasteiger partial charge in [-0.05, 0) is 61.3 Å². The van der Waals surface area contributed by atoms with E-state index in [4.69, 9.17) is 5.26 Å². The number of fused-ring (bicyclic) bond motifs is 1. The molecule has 2 fully saturated rings. The van der Waals surface area contributed by atoms with Gasteiger partial charge in [-0.25, -0.2) is 4.98 Å². The molecule has 1 aliphatic heterocycles. The number of rotatable bonds is 4. The Kier molecular flexibility index (Phi) is 7.10. The van der Waals surface area contributed by atoms with Crippen LogP contribution in [0.5, 0.6) is 0 Å². The molecule has 10 heteroatoms. The van der Waals surface area contributed by atoms with Gasteiger partial charge >= 0.3 is 6.18 Å². The molecule has 2 aliphatic rings. The average molecular weight is 538 g/mol. The monoisotopic (exact) mass is 537 g/mol. The summed E-state index contributed by atoms with van der Waals surface area (Å²) >= 11 is 0. The van der Waals surface area contributed by atoms with Gasteiger partial charge < -0.3 is 14.8 Å². The van der Waals surface area contributed by atoms with Crippen LogP contribution in [0.2, 0.25) is 0 Å². The van der Waals surface area contributed by atoms with Crippen molar-refractivity contribution in [2.24, 2.45) is 18.9 Å². The van der Waals surface area contributed by atoms with Crippen LogP contribution in [0.25, 0.3) is 11.0 Å². The zero-order chi connectivity index (χ0) is 27.9. The predicted molar refractivity (Wildman–Crippen MR) is 140 cm³/mol. The van der Waals surface area contributed by atoms with Crippen LogP contribution in [-0.2, 0) is 18.0 Å². The molecule has 1 N–H and O–H groups in total. The number of nitrogens with zero attached hydrogens (tertiary/aromatic N) is 4. The van der Waals surface area contributed by atoms with E-state index in [0.717, 1.165) is 25.5 Å². The number of benzene rings is 1. The maximum absolute atomic E-state index is 14.6. The van der Waals surface area contributed by atoms with Crippen molar-refractivity contribution in [1.29, 1.82) is 5.26 Å². The minimum atomic E-state index is -4.76. The van der Waals surface area contributed by atoms with Gasteiger partial charge in [0.05, 0.1) is 29.1 Å². The topological polar surface area (TPSA) is 91.0 Å². The lowest BCUT2D eigenvalue weighted by atomic mass is 9.87. The molecule has 1 aliphatic carbocycles. The second-order valence-corrected chi connectivity index (χ2v) is 10.7. The Labute approximate surface area is 224 Å². The number of pyridine rings is 1. The Morgan fingerprint density at radius 2 is 1.90 bits per heavy atom. The fourth-order valence-electron chi connectivity index (χ4n) is 6.16. The van der Waals surface area contributed by atoms with Gasteiger partial charge in [-0.15, -0.1) is 0 Å². The number of aryl methyl sites for hydroxylation is 1. The van der Waals surface area contributed by atoms with Crippen molar-refractivity contribution in [3.63, 3.8) is 0 Å². The van der Waals surface area contributed by atoms with Crippen molar-refractivity contribution in [2.75, 3.05) is 18.4 Å². The summed E-state index contributed by atoms with van der Waals surface area (Å²) in [5, 5.41) is 11.5. The summed E-state index contributed by atoms with van der Waals surface area (Å²) in [7, 11) is 1.66. The first-order valence-corrected chi connectivity index (χ1v) is 13.2. The van der Waals surface area contributed by atoms with Crippen molar-refractivity contribution < 1.29 is 22.8 Å². The number of nitrogens with one attached hydrogen (secondary N) is 1. The van der Waals surface area contributed by atoms with Crippen LogP contribution >= 0.6 is 0 Å². The molecule has 7 nitrogen and oxygen atoms in total. The molecule has 1 saturated carbocycles. The lowest BCUT2D eigenvalue weighted by Gasteiger charge is -2.34. The molecule has 0 unspecified atom stereocenters. The third kappa shape index (κ3) is 5.10. The standard InChI is InChI=1S/C29H30F3N5O2/c1-17-5-3-8-21(17)28(39)37-11-9-19(10-12-37)22-16-36(2)26-24(22)25(29(30,31)32)23(15-34-26)35-27(38)20-7-4-6-18(13-20)14-33/h4,6-7,13,15-17,19,21H,3,5,8-12H2,1-2H3,(H,35,38)/t17-,21-/m0/s1. The number of anilines is 1. The largest absolute Gasteiger partial charge is 0.419 e. The number of hydrogen-bond acceptors (Lipinski definition) is 4. The van der Waals surface area contributed by atoms with Crippen LogP contribution in [0.15, 0.2) is 36.7 Å². The second-order valence-electron chi connectivity index (χ2n) is 10.7. The minimum absolute atomic E-state index is 0.0252. The Hall–Kier alpha value is -3.87. The van der Waals surface area contributed by atoms with Gasteiger partial charge in [0.25, 0.3) is 5.91 Å². The summed E-state index contributed by atoms with van der Waals surface area (Å²) in [6.07, 6.45) is 2.09. The van der Waals surface area contributed by atoms with E-state index in [9.17, 15) is 22.8 Å². The normalized spacial score (nSPS) is 20.3. The molecule has 204 valence electrons. The smallest absolute Gasteiger partial charge is 0.342 e. The van der Waals surface area contributed by atoms with Crippen LogP contribution < -0.4 is 5.32 Å². The number of alkyl halides is 3. The number of carbonyl (C=O) groups is 2. The van der Waals surface area contributed by atoms with Crippen molar-refractivity contribution in [3.05, 3.63) is 58.9 Å². The summed E-state index contributed by atoms with van der Waals surface area (Å²) in [4.78, 5) is 32.1. The number of piperidine rings is 1. The van der Waals surface area contributed by atoms with Crippen LogP contribution in [0.1, 0.15) is 72.0 Å². The van der Waals surface area contributed by atoms with Gasteiger partial charge in [0.15, 0.2) is 0 Å². The van der Waals surface area contributed by atoms with E-state index in [1.165, 1.54) is 24.3 Å². The van der Waals surface area contributed by atoms with E-state index in [-0.39, 0.29) is 39.9 Å². The molecule has 1 saturated heterocycles.